The van der Waals surface area contributed by atoms with E-state index in [1.165, 1.54) is 88.0 Å². The van der Waals surface area contributed by atoms with Crippen molar-refractivity contribution >= 4 is 43.4 Å². The molecule has 0 N–H and O–H groups in total. The maximum absolute atomic E-state index is 4.92. The first kappa shape index (κ1) is 29.8. The van der Waals surface area contributed by atoms with Crippen molar-refractivity contribution in [2.45, 2.75) is 18.8 Å². The van der Waals surface area contributed by atoms with E-state index in [9.17, 15) is 0 Å². The summed E-state index contributed by atoms with van der Waals surface area (Å²) in [5.41, 5.74) is 16.2. The van der Waals surface area contributed by atoms with Crippen LogP contribution < -0.4 is 0 Å². The predicted octanol–water partition coefficient (Wildman–Crippen LogP) is 13.1. The highest BCUT2D eigenvalue weighted by Gasteiger charge is 2.53. The Bertz CT molecular complexity index is 3150. The van der Waals surface area contributed by atoms with E-state index in [4.69, 9.17) is 4.98 Å². The predicted molar refractivity (Wildman–Crippen MR) is 225 cm³/mol. The maximum Gasteiger partial charge on any atom is 0.114 e. The monoisotopic (exact) mass is 686 g/mol. The van der Waals surface area contributed by atoms with Crippen LogP contribution in [0.15, 0.2) is 176 Å². The van der Waals surface area contributed by atoms with Gasteiger partial charge in [0.05, 0.1) is 16.4 Å². The SMILES string of the molecule is CCc1nc2ccccc2n1-c1ccc(-c2ccc3c4c(ccc3c2)-c2c(c3ccccc3c3ccccc23)C42c3ccccc3-c3ccccc32)cc1. The van der Waals surface area contributed by atoms with Gasteiger partial charge < -0.3 is 0 Å². The molecule has 2 aliphatic rings. The standard InChI is InChI=1S/C52H34N2/c1-2-48-53-46-21-11-12-22-47(46)54(48)35-27-23-32(24-28-35)33-25-29-36-34(31-33)26-30-43-49-41-17-5-3-13-37(41)38-14-4-6-18-42(38)51(49)52(50(36)43)44-19-9-7-15-39(44)40-16-8-10-20-45(40)52/h3-31H,2H2,1H3. The lowest BCUT2D eigenvalue weighted by Gasteiger charge is -2.32. The second kappa shape index (κ2) is 10.9. The van der Waals surface area contributed by atoms with E-state index in [0.29, 0.717) is 0 Å². The Morgan fingerprint density at radius 1 is 0.481 bits per heavy atom. The summed E-state index contributed by atoms with van der Waals surface area (Å²) in [5, 5.41) is 7.83. The molecule has 1 spiro atoms. The van der Waals surface area contributed by atoms with Crippen molar-refractivity contribution in [3.63, 3.8) is 0 Å². The van der Waals surface area contributed by atoms with Crippen LogP contribution in [0.25, 0.3) is 82.4 Å². The zero-order chi connectivity index (χ0) is 35.5. The lowest BCUT2D eigenvalue weighted by Crippen LogP contribution is -2.26. The van der Waals surface area contributed by atoms with E-state index in [1.54, 1.807) is 0 Å². The number of para-hydroxylation sites is 2. The average Bonchev–Trinajstić information content (AvgIpc) is 3.88. The van der Waals surface area contributed by atoms with Crippen molar-refractivity contribution in [3.8, 4) is 39.1 Å². The van der Waals surface area contributed by atoms with Crippen LogP contribution in [-0.4, -0.2) is 9.55 Å². The summed E-state index contributed by atoms with van der Waals surface area (Å²) in [5.74, 6) is 1.08. The van der Waals surface area contributed by atoms with Gasteiger partial charge in [-0.2, -0.15) is 0 Å². The molecule has 0 bridgehead atoms. The van der Waals surface area contributed by atoms with E-state index in [1.807, 2.05) is 0 Å². The van der Waals surface area contributed by atoms with Gasteiger partial charge in [-0.05, 0) is 118 Å². The third-order valence-electron chi connectivity index (χ3n) is 12.3. The van der Waals surface area contributed by atoms with Crippen molar-refractivity contribution in [3.05, 3.63) is 204 Å². The fourth-order valence-electron chi connectivity index (χ4n) is 10.2. The summed E-state index contributed by atoms with van der Waals surface area (Å²) in [4.78, 5) is 4.92. The molecule has 2 aliphatic carbocycles. The van der Waals surface area contributed by atoms with Crippen molar-refractivity contribution in [2.24, 2.45) is 0 Å². The molecular weight excluding hydrogens is 653 g/mol. The molecule has 0 fully saturated rings. The van der Waals surface area contributed by atoms with Gasteiger partial charge in [0.2, 0.25) is 0 Å². The fraction of sp³-hybridized carbons (Fsp3) is 0.0577. The van der Waals surface area contributed by atoms with Crippen LogP contribution in [0, 0.1) is 0 Å². The zero-order valence-electron chi connectivity index (χ0n) is 29.8. The molecule has 0 saturated heterocycles. The molecule has 54 heavy (non-hydrogen) atoms. The summed E-state index contributed by atoms with van der Waals surface area (Å²) in [6.07, 6.45) is 0.872. The number of hydrogen-bond acceptors (Lipinski definition) is 1. The van der Waals surface area contributed by atoms with Gasteiger partial charge in [0.15, 0.2) is 0 Å². The second-order valence-corrected chi connectivity index (χ2v) is 14.9. The Hall–Kier alpha value is -6.77. The number of aryl methyl sites for hydroxylation is 1. The largest absolute Gasteiger partial charge is 0.296 e. The van der Waals surface area contributed by atoms with Crippen LogP contribution >= 0.6 is 0 Å². The molecule has 0 saturated carbocycles. The first-order valence-corrected chi connectivity index (χ1v) is 19.0. The number of nitrogens with zero attached hydrogens (tertiary/aromatic N) is 2. The summed E-state index contributed by atoms with van der Waals surface area (Å²) >= 11 is 0. The number of rotatable bonds is 3. The molecule has 0 radical (unpaired) electrons. The molecule has 0 unspecified atom stereocenters. The summed E-state index contributed by atoms with van der Waals surface area (Å²) in [7, 11) is 0. The molecule has 0 amide bonds. The Kier molecular flexibility index (Phi) is 6.00. The molecule has 0 aliphatic heterocycles. The van der Waals surface area contributed by atoms with Gasteiger partial charge in [0.1, 0.15) is 5.82 Å². The Morgan fingerprint density at radius 3 is 1.83 bits per heavy atom. The highest BCUT2D eigenvalue weighted by Crippen LogP contribution is 2.66. The number of benzene rings is 9. The Labute approximate surface area is 313 Å². The lowest BCUT2D eigenvalue weighted by atomic mass is 9.68. The Morgan fingerprint density at radius 2 is 1.09 bits per heavy atom. The zero-order valence-corrected chi connectivity index (χ0v) is 29.8. The fourth-order valence-corrected chi connectivity index (χ4v) is 10.2. The summed E-state index contributed by atoms with van der Waals surface area (Å²) < 4.78 is 2.30. The van der Waals surface area contributed by atoms with Crippen molar-refractivity contribution < 1.29 is 0 Å². The molecule has 12 rings (SSSR count). The van der Waals surface area contributed by atoms with E-state index in [0.717, 1.165) is 29.0 Å². The molecular formula is C52H34N2. The van der Waals surface area contributed by atoms with Gasteiger partial charge >= 0.3 is 0 Å². The number of aromatic nitrogens is 2. The van der Waals surface area contributed by atoms with Crippen molar-refractivity contribution in [1.29, 1.82) is 0 Å². The molecule has 1 heterocycles. The smallest absolute Gasteiger partial charge is 0.114 e. The molecule has 0 atom stereocenters. The third-order valence-corrected chi connectivity index (χ3v) is 12.3. The van der Waals surface area contributed by atoms with Gasteiger partial charge in [-0.25, -0.2) is 4.98 Å². The molecule has 2 nitrogen and oxygen atoms in total. The highest BCUT2D eigenvalue weighted by atomic mass is 15.1. The second-order valence-electron chi connectivity index (χ2n) is 14.9. The lowest BCUT2D eigenvalue weighted by molar-refractivity contribution is 0.809. The normalized spacial score (nSPS) is 13.5. The molecule has 2 heteroatoms. The van der Waals surface area contributed by atoms with Gasteiger partial charge in [-0.15, -0.1) is 0 Å². The topological polar surface area (TPSA) is 17.8 Å². The minimum absolute atomic E-state index is 0.464. The number of fused-ring (bicyclic) bond motifs is 18. The minimum Gasteiger partial charge on any atom is -0.296 e. The maximum atomic E-state index is 4.92. The third kappa shape index (κ3) is 3.72. The van der Waals surface area contributed by atoms with Gasteiger partial charge in [0, 0.05) is 12.1 Å². The van der Waals surface area contributed by atoms with Crippen LogP contribution in [0.3, 0.4) is 0 Å². The van der Waals surface area contributed by atoms with E-state index in [-0.39, 0.29) is 0 Å². The van der Waals surface area contributed by atoms with E-state index >= 15 is 0 Å². The number of imidazole rings is 1. The number of hydrogen-bond donors (Lipinski definition) is 0. The molecule has 9 aromatic carbocycles. The first-order valence-electron chi connectivity index (χ1n) is 19.0. The first-order chi connectivity index (χ1) is 26.8. The van der Waals surface area contributed by atoms with E-state index in [2.05, 4.69) is 187 Å². The summed E-state index contributed by atoms with van der Waals surface area (Å²) in [6, 6.07) is 65.7. The van der Waals surface area contributed by atoms with Crippen molar-refractivity contribution in [1.82, 2.24) is 9.55 Å². The van der Waals surface area contributed by atoms with Crippen LogP contribution in [0.1, 0.15) is 35.0 Å². The minimum atomic E-state index is -0.464. The van der Waals surface area contributed by atoms with Gasteiger partial charge in [-0.1, -0.05) is 153 Å². The van der Waals surface area contributed by atoms with Crippen LogP contribution in [-0.2, 0) is 11.8 Å². The molecule has 10 aromatic rings. The quantitative estimate of drug-likeness (QED) is 0.169. The summed E-state index contributed by atoms with van der Waals surface area (Å²) in [6.45, 7) is 2.17. The molecule has 1 aromatic heterocycles. The van der Waals surface area contributed by atoms with Gasteiger partial charge in [0.25, 0.3) is 0 Å². The van der Waals surface area contributed by atoms with Crippen molar-refractivity contribution in [2.75, 3.05) is 0 Å². The van der Waals surface area contributed by atoms with Crippen LogP contribution in [0.2, 0.25) is 0 Å². The van der Waals surface area contributed by atoms with E-state index < -0.39 is 5.41 Å². The van der Waals surface area contributed by atoms with Gasteiger partial charge in [-0.3, -0.25) is 4.57 Å². The highest BCUT2D eigenvalue weighted by molar-refractivity contribution is 6.21. The van der Waals surface area contributed by atoms with Crippen LogP contribution in [0.5, 0.6) is 0 Å². The van der Waals surface area contributed by atoms with Crippen LogP contribution in [0.4, 0.5) is 0 Å². The average molecular weight is 687 g/mol. The molecule has 252 valence electrons. The Balaban J connectivity index is 1.12.